The second-order valence-corrected chi connectivity index (χ2v) is 3.02. The lowest BCUT2D eigenvalue weighted by Gasteiger charge is -1.98. The largest absolute Gasteiger partial charge is 0.388 e. The van der Waals surface area contributed by atoms with Crippen molar-refractivity contribution >= 4 is 22.6 Å². The van der Waals surface area contributed by atoms with Crippen LogP contribution in [-0.2, 0) is 0 Å². The van der Waals surface area contributed by atoms with Gasteiger partial charge in [-0.1, -0.05) is 6.58 Å². The number of allylic oxidation sites excluding steroid dienone is 2. The van der Waals surface area contributed by atoms with Crippen LogP contribution in [0.3, 0.4) is 0 Å². The van der Waals surface area contributed by atoms with Crippen LogP contribution in [0.25, 0.3) is 0 Å². The lowest BCUT2D eigenvalue weighted by atomic mass is 10.4. The molecule has 0 unspecified atom stereocenters. The highest BCUT2D eigenvalue weighted by molar-refractivity contribution is 14.1. The summed E-state index contributed by atoms with van der Waals surface area (Å²) in [6.45, 7) is 5.66. The third kappa shape index (κ3) is 2.35. The molecule has 0 spiro atoms. The highest BCUT2D eigenvalue weighted by Gasteiger charge is 1.86. The van der Waals surface area contributed by atoms with Crippen LogP contribution in [0.5, 0.6) is 0 Å². The van der Waals surface area contributed by atoms with Gasteiger partial charge in [-0.05, 0) is 35.6 Å². The molecule has 0 aromatic heterocycles. The predicted molar refractivity (Wildman–Crippen MR) is 46.0 cm³/mol. The van der Waals surface area contributed by atoms with E-state index < -0.39 is 0 Å². The van der Waals surface area contributed by atoms with Crippen molar-refractivity contribution in [2.24, 2.45) is 0 Å². The summed E-state index contributed by atoms with van der Waals surface area (Å²) in [6.07, 6.45) is 1.81. The maximum Gasteiger partial charge on any atom is 0.0422 e. The normalized spacial score (nSPS) is 12.4. The Kier molecular flexibility index (Phi) is 3.95. The van der Waals surface area contributed by atoms with E-state index in [9.17, 15) is 0 Å². The van der Waals surface area contributed by atoms with E-state index in [0.717, 1.165) is 5.70 Å². The van der Waals surface area contributed by atoms with Gasteiger partial charge in [-0.3, -0.25) is 0 Å². The molecule has 1 N–H and O–H groups in total. The average molecular weight is 223 g/mol. The molecule has 0 aromatic carbocycles. The highest BCUT2D eigenvalue weighted by atomic mass is 127. The summed E-state index contributed by atoms with van der Waals surface area (Å²) in [5.41, 5.74) is 1.10. The van der Waals surface area contributed by atoms with Gasteiger partial charge in [0.15, 0.2) is 0 Å². The maximum atomic E-state index is 3.63. The predicted octanol–water partition coefficient (Wildman–Crippen LogP) is 2.06. The number of nitrogens with one attached hydrogen (secondary N) is 1. The summed E-state index contributed by atoms with van der Waals surface area (Å²) in [4.78, 5) is 0. The van der Waals surface area contributed by atoms with Crippen molar-refractivity contribution in [2.45, 2.75) is 6.92 Å². The lowest BCUT2D eigenvalue weighted by molar-refractivity contribution is 1.03. The summed E-state index contributed by atoms with van der Waals surface area (Å²) in [5.74, 6) is 0. The molecule has 0 heterocycles. The summed E-state index contributed by atoms with van der Waals surface area (Å²) >= 11 is 2.25. The van der Waals surface area contributed by atoms with E-state index in [-0.39, 0.29) is 0 Å². The van der Waals surface area contributed by atoms with Crippen LogP contribution in [0.2, 0.25) is 0 Å². The molecule has 0 atom stereocenters. The average Bonchev–Trinajstić information content (AvgIpc) is 1.69. The van der Waals surface area contributed by atoms with Crippen LogP contribution in [0, 0.1) is 0 Å². The quantitative estimate of drug-likeness (QED) is 0.558. The zero-order chi connectivity index (χ0) is 6.57. The van der Waals surface area contributed by atoms with Gasteiger partial charge in [0.2, 0.25) is 0 Å². The molecule has 0 saturated carbocycles. The Morgan fingerprint density at radius 3 is 2.25 bits per heavy atom. The molecule has 46 valence electrons. The Morgan fingerprint density at radius 1 is 1.75 bits per heavy atom. The van der Waals surface area contributed by atoms with Gasteiger partial charge in [0, 0.05) is 16.3 Å². The first-order valence-corrected chi connectivity index (χ1v) is 3.46. The van der Waals surface area contributed by atoms with Crippen LogP contribution in [-0.4, -0.2) is 7.05 Å². The van der Waals surface area contributed by atoms with Crippen LogP contribution < -0.4 is 5.32 Å². The zero-order valence-electron chi connectivity index (χ0n) is 5.16. The van der Waals surface area contributed by atoms with Crippen molar-refractivity contribution in [3.63, 3.8) is 0 Å². The molecule has 0 rings (SSSR count). The molecule has 1 nitrogen and oxygen atoms in total. The minimum atomic E-state index is 1.10. The molecule has 2 heteroatoms. The van der Waals surface area contributed by atoms with E-state index >= 15 is 0 Å². The highest BCUT2D eigenvalue weighted by Crippen LogP contribution is 2.08. The molecule has 0 amide bonds. The number of halogens is 1. The molecule has 0 aliphatic rings. The molecule has 0 aliphatic heterocycles. The van der Waals surface area contributed by atoms with Crippen molar-refractivity contribution in [2.75, 3.05) is 7.05 Å². The molecular weight excluding hydrogens is 213 g/mol. The standard InChI is InChI=1S/C6H10IN/c1-4-6(8-3)5(2)7/h4,8H,1H2,2-3H3/b6-5+. The number of rotatable bonds is 2. The molecule has 0 aromatic rings. The first kappa shape index (κ1) is 8.01. The van der Waals surface area contributed by atoms with Gasteiger partial charge < -0.3 is 5.32 Å². The first-order valence-electron chi connectivity index (χ1n) is 2.39. The number of hydrogen-bond acceptors (Lipinski definition) is 1. The van der Waals surface area contributed by atoms with Gasteiger partial charge in [-0.15, -0.1) is 0 Å². The lowest BCUT2D eigenvalue weighted by Crippen LogP contribution is -2.02. The minimum Gasteiger partial charge on any atom is -0.388 e. The fourth-order valence-corrected chi connectivity index (χ4v) is 0.905. The third-order valence-corrected chi connectivity index (χ3v) is 1.43. The summed E-state index contributed by atoms with van der Waals surface area (Å²) in [6, 6.07) is 0. The Bertz CT molecular complexity index is 112. The zero-order valence-corrected chi connectivity index (χ0v) is 7.32. The third-order valence-electron chi connectivity index (χ3n) is 0.845. The van der Waals surface area contributed by atoms with Crippen molar-refractivity contribution in [3.8, 4) is 0 Å². The smallest absolute Gasteiger partial charge is 0.0422 e. The van der Waals surface area contributed by atoms with Crippen LogP contribution >= 0.6 is 22.6 Å². The van der Waals surface area contributed by atoms with Crippen molar-refractivity contribution in [1.29, 1.82) is 0 Å². The number of likely N-dealkylation sites (N-methyl/N-ethyl adjacent to an activating group) is 1. The molecular formula is C6H10IN. The van der Waals surface area contributed by atoms with Crippen molar-refractivity contribution in [3.05, 3.63) is 21.9 Å². The molecule has 0 radical (unpaired) electrons. The Hall–Kier alpha value is 0.01000. The van der Waals surface area contributed by atoms with Crippen molar-refractivity contribution in [1.82, 2.24) is 5.32 Å². The Morgan fingerprint density at radius 2 is 2.25 bits per heavy atom. The van der Waals surface area contributed by atoms with Gasteiger partial charge in [0.25, 0.3) is 0 Å². The van der Waals surface area contributed by atoms with E-state index in [1.54, 1.807) is 0 Å². The molecule has 8 heavy (non-hydrogen) atoms. The van der Waals surface area contributed by atoms with Crippen LogP contribution in [0.1, 0.15) is 6.92 Å². The number of hydrogen-bond donors (Lipinski definition) is 1. The van der Waals surface area contributed by atoms with Gasteiger partial charge in [0.05, 0.1) is 0 Å². The second-order valence-electron chi connectivity index (χ2n) is 1.40. The second kappa shape index (κ2) is 3.95. The first-order chi connectivity index (χ1) is 3.72. The summed E-state index contributed by atoms with van der Waals surface area (Å²) < 4.78 is 1.24. The van der Waals surface area contributed by atoms with E-state index in [1.165, 1.54) is 3.58 Å². The van der Waals surface area contributed by atoms with Gasteiger partial charge in [-0.25, -0.2) is 0 Å². The van der Waals surface area contributed by atoms with Gasteiger partial charge in [-0.2, -0.15) is 0 Å². The molecule has 0 saturated heterocycles. The van der Waals surface area contributed by atoms with E-state index in [1.807, 2.05) is 20.0 Å². The fourth-order valence-electron chi connectivity index (χ4n) is 0.415. The summed E-state index contributed by atoms with van der Waals surface area (Å²) in [5, 5.41) is 3.01. The van der Waals surface area contributed by atoms with E-state index in [2.05, 4.69) is 34.5 Å². The summed E-state index contributed by atoms with van der Waals surface area (Å²) in [7, 11) is 1.89. The van der Waals surface area contributed by atoms with Crippen LogP contribution in [0.15, 0.2) is 21.9 Å². The van der Waals surface area contributed by atoms with Crippen molar-refractivity contribution < 1.29 is 0 Å². The fraction of sp³-hybridized carbons (Fsp3) is 0.333. The van der Waals surface area contributed by atoms with Gasteiger partial charge >= 0.3 is 0 Å². The Labute approximate surface area is 64.0 Å². The molecule has 0 fully saturated rings. The monoisotopic (exact) mass is 223 g/mol. The minimum absolute atomic E-state index is 1.10. The SMILES string of the molecule is C=C/C(NC)=C(/C)I. The Balaban J connectivity index is 4.07. The van der Waals surface area contributed by atoms with Gasteiger partial charge in [0.1, 0.15) is 0 Å². The topological polar surface area (TPSA) is 12.0 Å². The molecule has 0 aliphatic carbocycles. The molecule has 0 bridgehead atoms. The maximum absolute atomic E-state index is 3.63. The van der Waals surface area contributed by atoms with E-state index in [0.29, 0.717) is 0 Å². The van der Waals surface area contributed by atoms with Crippen LogP contribution in [0.4, 0.5) is 0 Å². The van der Waals surface area contributed by atoms with E-state index in [4.69, 9.17) is 0 Å².